The van der Waals surface area contributed by atoms with Crippen molar-refractivity contribution in [2.45, 2.75) is 30.6 Å². The monoisotopic (exact) mass is 326 g/mol. The van der Waals surface area contributed by atoms with Gasteiger partial charge in [-0.1, -0.05) is 12.1 Å². The maximum atomic E-state index is 12.4. The lowest BCUT2D eigenvalue weighted by molar-refractivity contribution is -0.121. The van der Waals surface area contributed by atoms with Gasteiger partial charge in [-0.2, -0.15) is 4.31 Å². The van der Waals surface area contributed by atoms with Gasteiger partial charge >= 0.3 is 0 Å². The van der Waals surface area contributed by atoms with Crippen LogP contribution in [0.5, 0.6) is 0 Å². The van der Waals surface area contributed by atoms with Gasteiger partial charge in [-0.15, -0.1) is 0 Å². The van der Waals surface area contributed by atoms with E-state index < -0.39 is 10.0 Å². The van der Waals surface area contributed by atoms with Crippen LogP contribution in [0.25, 0.3) is 0 Å². The molecule has 1 aliphatic heterocycles. The standard InChI is InChI=1S/C15H22N2O4S/c18-12-9-16-15(19)8-5-13-3-6-14(7-4-13)22(20,21)17-10-1-2-11-17/h3-4,6-7,18H,1-2,5,8-12H2,(H,16,19). The van der Waals surface area contributed by atoms with Gasteiger partial charge in [0.1, 0.15) is 0 Å². The highest BCUT2D eigenvalue weighted by Crippen LogP contribution is 2.21. The number of rotatable bonds is 7. The topological polar surface area (TPSA) is 86.7 Å². The first-order valence-electron chi connectivity index (χ1n) is 7.50. The maximum Gasteiger partial charge on any atom is 0.243 e. The molecule has 1 fully saturated rings. The molecule has 22 heavy (non-hydrogen) atoms. The smallest absolute Gasteiger partial charge is 0.243 e. The quantitative estimate of drug-likeness (QED) is 0.764. The van der Waals surface area contributed by atoms with E-state index in [2.05, 4.69) is 5.32 Å². The summed E-state index contributed by atoms with van der Waals surface area (Å²) in [6.45, 7) is 1.37. The lowest BCUT2D eigenvalue weighted by atomic mass is 10.1. The molecule has 7 heteroatoms. The van der Waals surface area contributed by atoms with Gasteiger partial charge in [0, 0.05) is 26.1 Å². The summed E-state index contributed by atoms with van der Waals surface area (Å²) in [6.07, 6.45) is 2.69. The minimum atomic E-state index is -3.37. The number of aliphatic hydroxyl groups is 1. The van der Waals surface area contributed by atoms with Gasteiger partial charge in [0.15, 0.2) is 0 Å². The summed E-state index contributed by atoms with van der Waals surface area (Å²) in [7, 11) is -3.37. The summed E-state index contributed by atoms with van der Waals surface area (Å²) in [5.74, 6) is -0.122. The molecule has 0 unspecified atom stereocenters. The number of benzene rings is 1. The Bertz CT molecular complexity index is 592. The van der Waals surface area contributed by atoms with Crippen LogP contribution >= 0.6 is 0 Å². The van der Waals surface area contributed by atoms with Gasteiger partial charge in [0.05, 0.1) is 11.5 Å². The van der Waals surface area contributed by atoms with Crippen LogP contribution in [0.3, 0.4) is 0 Å². The molecule has 0 aliphatic carbocycles. The zero-order chi connectivity index (χ0) is 16.0. The van der Waals surface area contributed by atoms with E-state index in [0.29, 0.717) is 30.8 Å². The molecule has 1 aromatic rings. The van der Waals surface area contributed by atoms with Crippen LogP contribution < -0.4 is 5.32 Å². The van der Waals surface area contributed by atoms with Crippen LogP contribution in [-0.4, -0.2) is 50.0 Å². The molecule has 2 rings (SSSR count). The number of carbonyl (C=O) groups is 1. The molecule has 2 N–H and O–H groups in total. The van der Waals surface area contributed by atoms with E-state index in [1.165, 1.54) is 4.31 Å². The average Bonchev–Trinajstić information content (AvgIpc) is 3.06. The second-order valence-corrected chi connectivity index (χ2v) is 7.27. The average molecular weight is 326 g/mol. The highest BCUT2D eigenvalue weighted by Gasteiger charge is 2.26. The van der Waals surface area contributed by atoms with Gasteiger partial charge in [-0.05, 0) is 37.0 Å². The molecular weight excluding hydrogens is 304 g/mol. The van der Waals surface area contributed by atoms with Crippen LogP contribution in [0, 0.1) is 0 Å². The molecule has 0 atom stereocenters. The fourth-order valence-corrected chi connectivity index (χ4v) is 3.96. The van der Waals surface area contributed by atoms with Crippen molar-refractivity contribution in [1.82, 2.24) is 9.62 Å². The summed E-state index contributed by atoms with van der Waals surface area (Å²) in [4.78, 5) is 11.8. The molecule has 0 aromatic heterocycles. The number of aryl methyl sites for hydroxylation is 1. The molecule has 0 radical (unpaired) electrons. The maximum absolute atomic E-state index is 12.4. The minimum absolute atomic E-state index is 0.0746. The molecule has 1 aliphatic rings. The lowest BCUT2D eigenvalue weighted by Gasteiger charge is -2.15. The summed E-state index contributed by atoms with van der Waals surface area (Å²) in [5, 5.41) is 11.2. The molecule has 0 bridgehead atoms. The Morgan fingerprint density at radius 3 is 2.41 bits per heavy atom. The highest BCUT2D eigenvalue weighted by molar-refractivity contribution is 7.89. The largest absolute Gasteiger partial charge is 0.395 e. The zero-order valence-corrected chi connectivity index (χ0v) is 13.3. The first kappa shape index (κ1) is 16.9. The van der Waals surface area contributed by atoms with E-state index in [1.807, 2.05) is 0 Å². The van der Waals surface area contributed by atoms with Gasteiger partial charge in [0.2, 0.25) is 15.9 Å². The van der Waals surface area contributed by atoms with Crippen LogP contribution in [0.1, 0.15) is 24.8 Å². The molecule has 1 heterocycles. The fourth-order valence-electron chi connectivity index (χ4n) is 2.45. The van der Waals surface area contributed by atoms with Crippen LogP contribution in [-0.2, 0) is 21.2 Å². The number of nitrogens with one attached hydrogen (secondary N) is 1. The normalized spacial score (nSPS) is 15.9. The van der Waals surface area contributed by atoms with Crippen molar-refractivity contribution >= 4 is 15.9 Å². The number of aliphatic hydroxyl groups excluding tert-OH is 1. The van der Waals surface area contributed by atoms with Crippen LogP contribution in [0.2, 0.25) is 0 Å². The van der Waals surface area contributed by atoms with E-state index in [4.69, 9.17) is 5.11 Å². The van der Waals surface area contributed by atoms with Crippen molar-refractivity contribution in [3.8, 4) is 0 Å². The Morgan fingerprint density at radius 1 is 1.18 bits per heavy atom. The summed E-state index contributed by atoms with van der Waals surface area (Å²) >= 11 is 0. The third kappa shape index (κ3) is 4.28. The molecular formula is C15H22N2O4S. The number of nitrogens with zero attached hydrogens (tertiary/aromatic N) is 1. The number of hydrogen-bond donors (Lipinski definition) is 2. The number of hydrogen-bond acceptors (Lipinski definition) is 4. The molecule has 1 saturated heterocycles. The molecule has 0 saturated carbocycles. The second kappa shape index (κ2) is 7.71. The molecule has 0 spiro atoms. The van der Waals surface area contributed by atoms with Gasteiger partial charge in [-0.3, -0.25) is 4.79 Å². The summed E-state index contributed by atoms with van der Waals surface area (Å²) < 4.78 is 26.3. The minimum Gasteiger partial charge on any atom is -0.395 e. The molecule has 1 amide bonds. The van der Waals surface area contributed by atoms with E-state index in [0.717, 1.165) is 18.4 Å². The Balaban J connectivity index is 1.94. The van der Waals surface area contributed by atoms with E-state index >= 15 is 0 Å². The van der Waals surface area contributed by atoms with Crippen LogP contribution in [0.4, 0.5) is 0 Å². The predicted molar refractivity (Wildman–Crippen MR) is 82.9 cm³/mol. The van der Waals surface area contributed by atoms with Gasteiger partial charge in [0.25, 0.3) is 0 Å². The summed E-state index contributed by atoms with van der Waals surface area (Å²) in [6, 6.07) is 6.72. The van der Waals surface area contributed by atoms with Crippen molar-refractivity contribution in [3.05, 3.63) is 29.8 Å². The summed E-state index contributed by atoms with van der Waals surface area (Å²) in [5.41, 5.74) is 0.916. The number of carbonyl (C=O) groups excluding carboxylic acids is 1. The first-order chi connectivity index (χ1) is 10.5. The Labute approximate surface area is 131 Å². The van der Waals surface area contributed by atoms with E-state index in [9.17, 15) is 13.2 Å². The van der Waals surface area contributed by atoms with Crippen molar-refractivity contribution in [1.29, 1.82) is 0 Å². The van der Waals surface area contributed by atoms with Crippen molar-refractivity contribution in [2.24, 2.45) is 0 Å². The van der Waals surface area contributed by atoms with E-state index in [-0.39, 0.29) is 19.1 Å². The Hall–Kier alpha value is -1.44. The first-order valence-corrected chi connectivity index (χ1v) is 8.94. The third-order valence-electron chi connectivity index (χ3n) is 3.70. The number of sulfonamides is 1. The Morgan fingerprint density at radius 2 is 1.82 bits per heavy atom. The van der Waals surface area contributed by atoms with Gasteiger partial charge < -0.3 is 10.4 Å². The van der Waals surface area contributed by atoms with Crippen molar-refractivity contribution in [2.75, 3.05) is 26.2 Å². The van der Waals surface area contributed by atoms with Crippen molar-refractivity contribution < 1.29 is 18.3 Å². The lowest BCUT2D eigenvalue weighted by Crippen LogP contribution is -2.27. The fraction of sp³-hybridized carbons (Fsp3) is 0.533. The molecule has 1 aromatic carbocycles. The molecule has 6 nitrogen and oxygen atoms in total. The molecule has 122 valence electrons. The van der Waals surface area contributed by atoms with Crippen molar-refractivity contribution in [3.63, 3.8) is 0 Å². The van der Waals surface area contributed by atoms with Gasteiger partial charge in [-0.25, -0.2) is 8.42 Å². The second-order valence-electron chi connectivity index (χ2n) is 5.33. The Kier molecular flexibility index (Phi) is 5.93. The number of amides is 1. The third-order valence-corrected chi connectivity index (χ3v) is 5.61. The van der Waals surface area contributed by atoms with Crippen LogP contribution in [0.15, 0.2) is 29.2 Å². The predicted octanol–water partition coefficient (Wildman–Crippen LogP) is 0.512. The highest BCUT2D eigenvalue weighted by atomic mass is 32.2. The zero-order valence-electron chi connectivity index (χ0n) is 12.5. The SMILES string of the molecule is O=C(CCc1ccc(S(=O)(=O)N2CCCC2)cc1)NCCO. The van der Waals surface area contributed by atoms with E-state index in [1.54, 1.807) is 24.3 Å².